The fourth-order valence-electron chi connectivity index (χ4n) is 2.40. The molecule has 1 unspecified atom stereocenters. The van der Waals surface area contributed by atoms with E-state index in [4.69, 9.17) is 5.73 Å². The second-order valence-electron chi connectivity index (χ2n) is 5.12. The number of nitrogens with two attached hydrogens (primary N) is 1. The SMILES string of the molecule is CCC(CC)(CN)C(=O)N1CCS(=O)(=O)C(C)C1.Cl. The first-order chi connectivity index (χ1) is 8.33. The highest BCUT2D eigenvalue weighted by molar-refractivity contribution is 7.92. The summed E-state index contributed by atoms with van der Waals surface area (Å²) in [5, 5.41) is -0.473. The number of sulfone groups is 1. The van der Waals surface area contributed by atoms with Gasteiger partial charge in [-0.3, -0.25) is 4.79 Å². The van der Waals surface area contributed by atoms with Crippen molar-refractivity contribution in [1.82, 2.24) is 4.90 Å². The lowest BCUT2D eigenvalue weighted by Crippen LogP contribution is -2.54. The Hall–Kier alpha value is -0.330. The first-order valence-electron chi connectivity index (χ1n) is 6.54. The molecule has 114 valence electrons. The number of halogens is 1. The molecule has 5 nitrogen and oxygen atoms in total. The topological polar surface area (TPSA) is 80.5 Å². The van der Waals surface area contributed by atoms with Crippen molar-refractivity contribution in [2.45, 2.75) is 38.9 Å². The van der Waals surface area contributed by atoms with Gasteiger partial charge in [0.1, 0.15) is 0 Å². The molecular formula is C12H25ClN2O3S. The molecule has 0 aromatic heterocycles. The number of amides is 1. The van der Waals surface area contributed by atoms with Crippen LogP contribution in [-0.4, -0.2) is 49.9 Å². The van der Waals surface area contributed by atoms with Gasteiger partial charge in [-0.25, -0.2) is 8.42 Å². The third-order valence-electron chi connectivity index (χ3n) is 4.22. The van der Waals surface area contributed by atoms with E-state index in [1.165, 1.54) is 0 Å². The van der Waals surface area contributed by atoms with E-state index in [1.54, 1.807) is 11.8 Å². The van der Waals surface area contributed by atoms with E-state index in [-0.39, 0.29) is 24.1 Å². The van der Waals surface area contributed by atoms with Crippen molar-refractivity contribution in [1.29, 1.82) is 0 Å². The summed E-state index contributed by atoms with van der Waals surface area (Å²) in [4.78, 5) is 14.2. The summed E-state index contributed by atoms with van der Waals surface area (Å²) >= 11 is 0. The molecule has 1 rings (SSSR count). The van der Waals surface area contributed by atoms with Gasteiger partial charge in [-0.1, -0.05) is 13.8 Å². The molecule has 0 aromatic rings. The van der Waals surface area contributed by atoms with Gasteiger partial charge >= 0.3 is 0 Å². The maximum absolute atomic E-state index is 12.5. The van der Waals surface area contributed by atoms with Gasteiger partial charge in [0.05, 0.1) is 16.4 Å². The fraction of sp³-hybridized carbons (Fsp3) is 0.917. The summed E-state index contributed by atoms with van der Waals surface area (Å²) in [6, 6.07) is 0. The third kappa shape index (κ3) is 3.61. The molecule has 2 N–H and O–H groups in total. The van der Waals surface area contributed by atoms with Crippen LogP contribution in [0.1, 0.15) is 33.6 Å². The van der Waals surface area contributed by atoms with Crippen LogP contribution in [0.4, 0.5) is 0 Å². The summed E-state index contributed by atoms with van der Waals surface area (Å²) < 4.78 is 23.3. The van der Waals surface area contributed by atoms with Gasteiger partial charge in [0.15, 0.2) is 9.84 Å². The lowest BCUT2D eigenvalue weighted by molar-refractivity contribution is -0.142. The van der Waals surface area contributed by atoms with Crippen LogP contribution in [0, 0.1) is 5.41 Å². The van der Waals surface area contributed by atoms with Crippen LogP contribution in [0.5, 0.6) is 0 Å². The molecule has 1 fully saturated rings. The molecule has 0 aliphatic carbocycles. The molecule has 1 amide bonds. The fourth-order valence-corrected chi connectivity index (χ4v) is 3.69. The smallest absolute Gasteiger partial charge is 0.230 e. The summed E-state index contributed by atoms with van der Waals surface area (Å²) in [5.41, 5.74) is 5.23. The number of hydrogen-bond acceptors (Lipinski definition) is 4. The molecule has 0 saturated carbocycles. The highest BCUT2D eigenvalue weighted by Crippen LogP contribution is 2.29. The quantitative estimate of drug-likeness (QED) is 0.833. The number of carbonyl (C=O) groups excluding carboxylic acids is 1. The number of carbonyl (C=O) groups is 1. The van der Waals surface area contributed by atoms with Gasteiger partial charge in [-0.15, -0.1) is 12.4 Å². The van der Waals surface area contributed by atoms with Crippen molar-refractivity contribution < 1.29 is 13.2 Å². The maximum Gasteiger partial charge on any atom is 0.230 e. The van der Waals surface area contributed by atoms with Crippen LogP contribution in [0.3, 0.4) is 0 Å². The summed E-state index contributed by atoms with van der Waals surface area (Å²) in [5.74, 6) is 0.0744. The van der Waals surface area contributed by atoms with Crippen LogP contribution >= 0.6 is 12.4 Å². The minimum atomic E-state index is -3.02. The molecule has 0 spiro atoms. The standard InChI is InChI=1S/C12H24N2O3S.ClH/c1-4-12(5-2,9-13)11(15)14-6-7-18(16,17)10(3)8-14;/h10H,4-9,13H2,1-3H3;1H. The monoisotopic (exact) mass is 312 g/mol. The minimum absolute atomic E-state index is 0. The molecule has 0 aromatic carbocycles. The molecule has 1 heterocycles. The predicted octanol–water partition coefficient (Wildman–Crippen LogP) is 0.819. The van der Waals surface area contributed by atoms with Crippen LogP contribution in [0.25, 0.3) is 0 Å². The Morgan fingerprint density at radius 1 is 1.37 bits per heavy atom. The Kier molecular flexibility index (Phi) is 6.78. The van der Waals surface area contributed by atoms with E-state index < -0.39 is 20.5 Å². The Morgan fingerprint density at radius 2 is 1.89 bits per heavy atom. The molecule has 0 radical (unpaired) electrons. The Bertz CT molecular complexity index is 399. The molecule has 7 heteroatoms. The van der Waals surface area contributed by atoms with Gasteiger partial charge in [0, 0.05) is 19.6 Å². The molecule has 1 aliphatic rings. The molecule has 1 atom stereocenters. The first-order valence-corrected chi connectivity index (χ1v) is 8.25. The molecule has 1 aliphatic heterocycles. The van der Waals surface area contributed by atoms with Crippen molar-refractivity contribution in [3.63, 3.8) is 0 Å². The van der Waals surface area contributed by atoms with Crippen LogP contribution in [-0.2, 0) is 14.6 Å². The van der Waals surface area contributed by atoms with Crippen LogP contribution in [0.15, 0.2) is 0 Å². The van der Waals surface area contributed by atoms with Gasteiger partial charge < -0.3 is 10.6 Å². The second-order valence-corrected chi connectivity index (χ2v) is 7.66. The zero-order valence-electron chi connectivity index (χ0n) is 11.9. The molecule has 19 heavy (non-hydrogen) atoms. The minimum Gasteiger partial charge on any atom is -0.340 e. The number of hydrogen-bond donors (Lipinski definition) is 1. The lowest BCUT2D eigenvalue weighted by Gasteiger charge is -2.38. The summed E-state index contributed by atoms with van der Waals surface area (Å²) in [7, 11) is -3.02. The predicted molar refractivity (Wildman–Crippen MR) is 79.1 cm³/mol. The zero-order valence-corrected chi connectivity index (χ0v) is 13.5. The van der Waals surface area contributed by atoms with E-state index in [2.05, 4.69) is 0 Å². The van der Waals surface area contributed by atoms with Crippen molar-refractivity contribution in [2.24, 2.45) is 11.1 Å². The first kappa shape index (κ1) is 18.7. The largest absolute Gasteiger partial charge is 0.340 e. The van der Waals surface area contributed by atoms with Crippen molar-refractivity contribution in [2.75, 3.05) is 25.4 Å². The maximum atomic E-state index is 12.5. The average Bonchev–Trinajstić information content (AvgIpc) is 2.35. The highest BCUT2D eigenvalue weighted by atomic mass is 35.5. The molecular weight excluding hydrogens is 288 g/mol. The molecule has 0 bridgehead atoms. The van der Waals surface area contributed by atoms with Gasteiger partial charge in [0.2, 0.25) is 5.91 Å². The van der Waals surface area contributed by atoms with E-state index >= 15 is 0 Å². The van der Waals surface area contributed by atoms with Gasteiger partial charge in [0.25, 0.3) is 0 Å². The van der Waals surface area contributed by atoms with Gasteiger partial charge in [-0.05, 0) is 19.8 Å². The van der Waals surface area contributed by atoms with Crippen molar-refractivity contribution in [3.8, 4) is 0 Å². The van der Waals surface area contributed by atoms with Gasteiger partial charge in [-0.2, -0.15) is 0 Å². The van der Waals surface area contributed by atoms with E-state index in [0.29, 0.717) is 32.5 Å². The number of rotatable bonds is 4. The highest BCUT2D eigenvalue weighted by Gasteiger charge is 2.40. The van der Waals surface area contributed by atoms with Crippen LogP contribution < -0.4 is 5.73 Å². The summed E-state index contributed by atoms with van der Waals surface area (Å²) in [6.07, 6.45) is 1.38. The Labute approximate surface area is 122 Å². The normalized spacial score (nSPS) is 22.7. The lowest BCUT2D eigenvalue weighted by atomic mass is 9.81. The Morgan fingerprint density at radius 3 is 2.26 bits per heavy atom. The average molecular weight is 313 g/mol. The third-order valence-corrected chi connectivity index (χ3v) is 6.35. The van der Waals surface area contributed by atoms with Crippen LogP contribution in [0.2, 0.25) is 0 Å². The summed E-state index contributed by atoms with van der Waals surface area (Å²) in [6.45, 7) is 6.49. The van der Waals surface area contributed by atoms with E-state index in [0.717, 1.165) is 0 Å². The molecule has 1 saturated heterocycles. The van der Waals surface area contributed by atoms with Crippen molar-refractivity contribution >= 4 is 28.2 Å². The van der Waals surface area contributed by atoms with Crippen molar-refractivity contribution in [3.05, 3.63) is 0 Å². The number of nitrogens with zero attached hydrogens (tertiary/aromatic N) is 1. The Balaban J connectivity index is 0.00000324. The second kappa shape index (κ2) is 6.90. The zero-order chi connectivity index (χ0) is 14.0. The van der Waals surface area contributed by atoms with E-state index in [1.807, 2.05) is 13.8 Å². The van der Waals surface area contributed by atoms with E-state index in [9.17, 15) is 13.2 Å².